The number of unbranched alkanes of at least 4 members (excludes halogenated alkanes) is 1. The standard InChI is InChI=1S/C20H20NO5S.Y/c1-3-4-10-18-19(20(22)14-8-6-5-7-9-14)16-13-15(11-12-17(16)24-18)25-21-26-27(2)23;/h6-9,11-13,21H,3-4,10H2,1-2H3;/q-1;. The van der Waals surface area contributed by atoms with E-state index < -0.39 is 11.1 Å². The number of carbonyl (C=O) groups is 1. The van der Waals surface area contributed by atoms with Gasteiger partial charge >= 0.3 is 0 Å². The van der Waals surface area contributed by atoms with Crippen molar-refractivity contribution in [3.63, 3.8) is 0 Å². The molecule has 0 amide bonds. The van der Waals surface area contributed by atoms with Gasteiger partial charge in [0.15, 0.2) is 22.6 Å². The van der Waals surface area contributed by atoms with E-state index in [1.165, 1.54) is 6.26 Å². The van der Waals surface area contributed by atoms with Gasteiger partial charge in [0.25, 0.3) is 0 Å². The molecule has 1 N–H and O–H groups in total. The topological polar surface area (TPSA) is 77.8 Å². The fourth-order valence-corrected chi connectivity index (χ4v) is 2.88. The Morgan fingerprint density at radius 1 is 1.25 bits per heavy atom. The molecule has 3 rings (SSSR count). The van der Waals surface area contributed by atoms with Crippen LogP contribution >= 0.6 is 0 Å². The summed E-state index contributed by atoms with van der Waals surface area (Å²) in [6.07, 6.45) is 3.96. The van der Waals surface area contributed by atoms with Crippen molar-refractivity contribution in [2.24, 2.45) is 0 Å². The van der Waals surface area contributed by atoms with Crippen LogP contribution in [-0.4, -0.2) is 16.2 Å². The van der Waals surface area contributed by atoms with Crippen LogP contribution in [0, 0.1) is 6.07 Å². The number of fused-ring (bicyclic) bond motifs is 1. The van der Waals surface area contributed by atoms with Crippen molar-refractivity contribution in [1.29, 1.82) is 0 Å². The van der Waals surface area contributed by atoms with Crippen LogP contribution in [0.1, 0.15) is 41.4 Å². The largest absolute Gasteiger partial charge is 0.460 e. The molecule has 0 aliphatic rings. The van der Waals surface area contributed by atoms with E-state index in [2.05, 4.69) is 22.9 Å². The van der Waals surface area contributed by atoms with Crippen molar-refractivity contribution in [3.8, 4) is 5.75 Å². The monoisotopic (exact) mass is 475 g/mol. The van der Waals surface area contributed by atoms with E-state index in [1.807, 2.05) is 0 Å². The van der Waals surface area contributed by atoms with E-state index in [4.69, 9.17) is 9.25 Å². The van der Waals surface area contributed by atoms with Crippen molar-refractivity contribution in [1.82, 2.24) is 5.64 Å². The number of hydrogen-bond donors (Lipinski definition) is 1. The number of carbonyl (C=O) groups excluding carboxylic acids is 1. The van der Waals surface area contributed by atoms with Gasteiger partial charge in [-0.2, -0.15) is 34.6 Å². The molecule has 1 atom stereocenters. The summed E-state index contributed by atoms with van der Waals surface area (Å²) in [6.45, 7) is 2.09. The van der Waals surface area contributed by atoms with Crippen molar-refractivity contribution in [2.45, 2.75) is 26.2 Å². The first-order valence-corrected chi connectivity index (χ1v) is 10.1. The molecule has 1 heterocycles. The summed E-state index contributed by atoms with van der Waals surface area (Å²) >= 11 is -1.51. The maximum absolute atomic E-state index is 13.1. The van der Waals surface area contributed by atoms with E-state index >= 15 is 0 Å². The van der Waals surface area contributed by atoms with Crippen LogP contribution in [0.5, 0.6) is 5.75 Å². The summed E-state index contributed by atoms with van der Waals surface area (Å²) in [7, 11) is 0. The Kier molecular flexibility index (Phi) is 8.98. The molecule has 0 spiro atoms. The first-order valence-electron chi connectivity index (χ1n) is 8.59. The number of benzene rings is 2. The zero-order valence-corrected chi connectivity index (χ0v) is 19.3. The average Bonchev–Trinajstić information content (AvgIpc) is 3.03. The van der Waals surface area contributed by atoms with Gasteiger partial charge in [-0.05, 0) is 30.3 Å². The molecule has 0 fully saturated rings. The van der Waals surface area contributed by atoms with Gasteiger partial charge in [-0.15, -0.1) is 0 Å². The molecule has 1 radical (unpaired) electrons. The second kappa shape index (κ2) is 11.0. The Hall–Kier alpha value is -1.38. The van der Waals surface area contributed by atoms with E-state index in [1.54, 1.807) is 42.5 Å². The minimum atomic E-state index is -1.51. The third-order valence-electron chi connectivity index (χ3n) is 4.01. The first-order chi connectivity index (χ1) is 13.1. The Labute approximate surface area is 191 Å². The summed E-state index contributed by atoms with van der Waals surface area (Å²) in [6, 6.07) is 14.9. The maximum Gasteiger partial charge on any atom is 0.173 e. The second-order valence-electron chi connectivity index (χ2n) is 5.95. The Balaban J connectivity index is 0.00000280. The van der Waals surface area contributed by atoms with Crippen LogP contribution in [0.2, 0.25) is 0 Å². The van der Waals surface area contributed by atoms with Crippen LogP contribution in [0.15, 0.2) is 46.9 Å². The molecular weight excluding hydrogens is 455 g/mol. The molecule has 0 aliphatic heterocycles. The average molecular weight is 475 g/mol. The van der Waals surface area contributed by atoms with Crippen LogP contribution < -0.4 is 10.5 Å². The maximum atomic E-state index is 13.1. The fourth-order valence-electron chi connectivity index (χ4n) is 2.75. The molecule has 0 saturated heterocycles. The van der Waals surface area contributed by atoms with Crippen LogP contribution in [0.4, 0.5) is 0 Å². The van der Waals surface area contributed by atoms with Gasteiger partial charge in [0.2, 0.25) is 0 Å². The zero-order chi connectivity index (χ0) is 19.2. The Bertz CT molecular complexity index is 958. The van der Waals surface area contributed by atoms with Gasteiger partial charge in [-0.1, -0.05) is 18.9 Å². The molecule has 0 saturated carbocycles. The number of nitrogens with one attached hydrogen (secondary N) is 1. The molecule has 145 valence electrons. The van der Waals surface area contributed by atoms with Crippen LogP contribution in [-0.2, 0) is 54.5 Å². The van der Waals surface area contributed by atoms with Crippen molar-refractivity contribution in [3.05, 3.63) is 65.4 Å². The predicted molar refractivity (Wildman–Crippen MR) is 102 cm³/mol. The third-order valence-corrected chi connectivity index (χ3v) is 4.31. The Morgan fingerprint density at radius 2 is 2.00 bits per heavy atom. The minimum absolute atomic E-state index is 0. The molecule has 0 bridgehead atoms. The molecule has 0 aliphatic carbocycles. The Morgan fingerprint density at radius 3 is 2.68 bits per heavy atom. The summed E-state index contributed by atoms with van der Waals surface area (Å²) in [5.41, 5.74) is 3.89. The van der Waals surface area contributed by atoms with Crippen LogP contribution in [0.25, 0.3) is 11.0 Å². The molecule has 1 aromatic heterocycles. The number of rotatable bonds is 9. The molecule has 28 heavy (non-hydrogen) atoms. The zero-order valence-electron chi connectivity index (χ0n) is 15.7. The van der Waals surface area contributed by atoms with E-state index in [9.17, 15) is 9.00 Å². The normalized spacial score (nSPS) is 11.8. The van der Waals surface area contributed by atoms with E-state index in [0.29, 0.717) is 40.0 Å². The van der Waals surface area contributed by atoms with Gasteiger partial charge in [0.05, 0.1) is 5.56 Å². The van der Waals surface area contributed by atoms with Gasteiger partial charge < -0.3 is 9.25 Å². The predicted octanol–water partition coefficient (Wildman–Crippen LogP) is 3.91. The number of furan rings is 1. The van der Waals surface area contributed by atoms with E-state index in [-0.39, 0.29) is 38.5 Å². The SMILES string of the molecule is CCCCc1oc2ccc(ONOS(C)=O)cc2c1C(=O)c1cc[c-]cc1.[Y]. The quantitative estimate of drug-likeness (QED) is 0.287. The smallest absolute Gasteiger partial charge is 0.173 e. The fraction of sp³-hybridized carbons (Fsp3) is 0.250. The number of ketones is 1. The van der Waals surface area contributed by atoms with Crippen molar-refractivity contribution in [2.75, 3.05) is 6.26 Å². The molecule has 8 heteroatoms. The third kappa shape index (κ3) is 5.58. The number of aryl methyl sites for hydroxylation is 1. The van der Waals surface area contributed by atoms with Gasteiger partial charge in [-0.3, -0.25) is 4.79 Å². The molecule has 2 aromatic carbocycles. The summed E-state index contributed by atoms with van der Waals surface area (Å²) < 4.78 is 21.6. The summed E-state index contributed by atoms with van der Waals surface area (Å²) in [5, 5.41) is 0.663. The summed E-state index contributed by atoms with van der Waals surface area (Å²) in [5.74, 6) is 0.969. The van der Waals surface area contributed by atoms with Gasteiger partial charge in [0, 0.05) is 50.8 Å². The molecular formula is C20H20NO5SY-. The molecule has 1 unspecified atom stereocenters. The summed E-state index contributed by atoms with van der Waals surface area (Å²) in [4.78, 5) is 18.4. The van der Waals surface area contributed by atoms with Crippen molar-refractivity contribution >= 4 is 27.8 Å². The van der Waals surface area contributed by atoms with Gasteiger partial charge in [-0.25, -0.2) is 4.21 Å². The van der Waals surface area contributed by atoms with E-state index in [0.717, 1.165) is 12.8 Å². The van der Waals surface area contributed by atoms with Gasteiger partial charge in [0.1, 0.15) is 11.3 Å². The van der Waals surface area contributed by atoms with Crippen molar-refractivity contribution < 1.29 is 55.3 Å². The minimum Gasteiger partial charge on any atom is -0.460 e. The number of hydrogen-bond acceptors (Lipinski definition) is 6. The van der Waals surface area contributed by atoms with Crippen LogP contribution in [0.3, 0.4) is 0 Å². The first kappa shape index (κ1) is 22.9. The molecule has 6 nitrogen and oxygen atoms in total. The molecule has 3 aromatic rings. The second-order valence-corrected chi connectivity index (χ2v) is 6.92.